The second-order valence-corrected chi connectivity index (χ2v) is 10.5. The molecular formula is C29H27ClN4O3. The van der Waals surface area contributed by atoms with E-state index in [0.29, 0.717) is 40.6 Å². The van der Waals surface area contributed by atoms with Crippen LogP contribution in [0.25, 0.3) is 11.4 Å². The molecular weight excluding hydrogens is 488 g/mol. The molecule has 37 heavy (non-hydrogen) atoms. The number of carbonyl (C=O) groups excluding carboxylic acids is 1. The number of carbonyl (C=O) groups is 1. The van der Waals surface area contributed by atoms with Crippen molar-refractivity contribution >= 4 is 17.4 Å². The lowest BCUT2D eigenvalue weighted by Gasteiger charge is -2.29. The van der Waals surface area contributed by atoms with Gasteiger partial charge in [0.15, 0.2) is 5.78 Å². The van der Waals surface area contributed by atoms with Crippen molar-refractivity contribution < 1.29 is 14.3 Å². The molecule has 0 saturated heterocycles. The molecule has 0 bridgehead atoms. The average molecular weight is 515 g/mol. The minimum atomic E-state index is -0.323. The third-order valence-corrected chi connectivity index (χ3v) is 8.02. The summed E-state index contributed by atoms with van der Waals surface area (Å²) in [4.78, 5) is 13.3. The molecule has 7 nitrogen and oxygen atoms in total. The van der Waals surface area contributed by atoms with Crippen molar-refractivity contribution in [1.82, 2.24) is 20.6 Å². The van der Waals surface area contributed by atoms with Crippen LogP contribution in [0.2, 0.25) is 5.02 Å². The third-order valence-electron chi connectivity index (χ3n) is 7.72. The van der Waals surface area contributed by atoms with Crippen LogP contribution in [0.3, 0.4) is 0 Å². The molecule has 0 radical (unpaired) electrons. The Balaban J connectivity index is 1.13. The van der Waals surface area contributed by atoms with E-state index >= 15 is 0 Å². The van der Waals surface area contributed by atoms with Crippen LogP contribution < -0.4 is 9.47 Å². The predicted octanol–water partition coefficient (Wildman–Crippen LogP) is 6.83. The van der Waals surface area contributed by atoms with Gasteiger partial charge in [0, 0.05) is 16.5 Å². The highest BCUT2D eigenvalue weighted by molar-refractivity contribution is 6.32. The molecule has 1 fully saturated rings. The molecule has 4 aromatic rings. The van der Waals surface area contributed by atoms with E-state index in [-0.39, 0.29) is 11.2 Å². The van der Waals surface area contributed by atoms with Crippen molar-refractivity contribution in [3.05, 3.63) is 82.4 Å². The van der Waals surface area contributed by atoms with Crippen LogP contribution in [0.15, 0.2) is 60.7 Å². The summed E-state index contributed by atoms with van der Waals surface area (Å²) >= 11 is 6.56. The van der Waals surface area contributed by atoms with Crippen LogP contribution in [0.5, 0.6) is 17.2 Å². The van der Waals surface area contributed by atoms with Gasteiger partial charge in [0.25, 0.3) is 0 Å². The number of ether oxygens (including phenoxy) is 2. The summed E-state index contributed by atoms with van der Waals surface area (Å²) in [6, 6.07) is 19.0. The van der Waals surface area contributed by atoms with Gasteiger partial charge in [0.2, 0.25) is 5.82 Å². The lowest BCUT2D eigenvalue weighted by Crippen LogP contribution is -2.32. The first-order valence-corrected chi connectivity index (χ1v) is 13.0. The van der Waals surface area contributed by atoms with Gasteiger partial charge in [-0.25, -0.2) is 0 Å². The number of hydrogen-bond acceptors (Lipinski definition) is 6. The molecule has 2 aliphatic carbocycles. The van der Waals surface area contributed by atoms with Crippen LogP contribution >= 0.6 is 11.6 Å². The Bertz CT molecular complexity index is 1430. The molecule has 1 heterocycles. The van der Waals surface area contributed by atoms with Gasteiger partial charge in [-0.2, -0.15) is 5.21 Å². The summed E-state index contributed by atoms with van der Waals surface area (Å²) < 4.78 is 12.1. The fourth-order valence-corrected chi connectivity index (χ4v) is 5.91. The standard InChI is InChI=1S/C29H27ClN4O3/c1-29(21-6-2-3-7-21)16-20-14-26(25(30)15-24(20)27(29)35)36-17-18-5-4-8-23(13-18)37-22-11-9-19(10-12-22)28-31-33-34-32-28/h4-5,8-15,21H,2-3,6-7,16-17H2,1H3,(H,31,32,33,34). The van der Waals surface area contributed by atoms with Crippen molar-refractivity contribution in [3.63, 3.8) is 0 Å². The fourth-order valence-electron chi connectivity index (χ4n) is 5.69. The van der Waals surface area contributed by atoms with Gasteiger partial charge in [0.1, 0.15) is 23.9 Å². The Morgan fingerprint density at radius 1 is 1.05 bits per heavy atom. The number of aromatic nitrogens is 4. The number of Topliss-reactive ketones (excluding diaryl/α,β-unsaturated/α-hetero) is 1. The molecule has 8 heteroatoms. The average Bonchev–Trinajstić information content (AvgIpc) is 3.67. The first kappa shape index (κ1) is 23.7. The highest BCUT2D eigenvalue weighted by atomic mass is 35.5. The maximum atomic E-state index is 13.3. The topological polar surface area (TPSA) is 90.0 Å². The molecule has 1 N–H and O–H groups in total. The number of hydrogen-bond donors (Lipinski definition) is 1. The molecule has 0 amide bonds. The number of fused-ring (bicyclic) bond motifs is 1. The maximum Gasteiger partial charge on any atom is 0.204 e. The lowest BCUT2D eigenvalue weighted by molar-refractivity contribution is 0.0744. The minimum Gasteiger partial charge on any atom is -0.487 e. The van der Waals surface area contributed by atoms with Crippen molar-refractivity contribution in [2.45, 2.75) is 45.6 Å². The highest BCUT2D eigenvalue weighted by Crippen LogP contribution is 2.50. The summed E-state index contributed by atoms with van der Waals surface area (Å²) in [7, 11) is 0. The van der Waals surface area contributed by atoms with Gasteiger partial charge in [0.05, 0.1) is 5.02 Å². The molecule has 1 atom stereocenters. The molecule has 0 spiro atoms. The van der Waals surface area contributed by atoms with Gasteiger partial charge in [-0.15, -0.1) is 10.2 Å². The van der Waals surface area contributed by atoms with Crippen LogP contribution in [-0.2, 0) is 13.0 Å². The number of rotatable bonds is 7. The Hall–Kier alpha value is -3.71. The van der Waals surface area contributed by atoms with Crippen LogP contribution in [0.4, 0.5) is 0 Å². The number of tetrazole rings is 1. The van der Waals surface area contributed by atoms with Crippen molar-refractivity contribution in [3.8, 4) is 28.6 Å². The number of benzene rings is 3. The predicted molar refractivity (Wildman–Crippen MR) is 140 cm³/mol. The monoisotopic (exact) mass is 514 g/mol. The quantitative estimate of drug-likeness (QED) is 0.291. The maximum absolute atomic E-state index is 13.3. The van der Waals surface area contributed by atoms with Gasteiger partial charge in [-0.05, 0) is 90.1 Å². The molecule has 1 aromatic heterocycles. The van der Waals surface area contributed by atoms with E-state index in [0.717, 1.165) is 41.5 Å². The third kappa shape index (κ3) is 4.60. The smallest absolute Gasteiger partial charge is 0.204 e. The van der Waals surface area contributed by atoms with E-state index in [1.54, 1.807) is 6.07 Å². The summed E-state index contributed by atoms with van der Waals surface area (Å²) in [5.74, 6) is 3.22. The Labute approximate surface area is 220 Å². The normalized spacial score (nSPS) is 19.2. The van der Waals surface area contributed by atoms with Crippen LogP contribution in [0.1, 0.15) is 54.1 Å². The van der Waals surface area contributed by atoms with E-state index in [1.807, 2.05) is 54.6 Å². The summed E-state index contributed by atoms with van der Waals surface area (Å²) in [6.07, 6.45) is 5.46. The van der Waals surface area contributed by atoms with E-state index in [2.05, 4.69) is 27.5 Å². The first-order valence-electron chi connectivity index (χ1n) is 12.6. The van der Waals surface area contributed by atoms with E-state index in [9.17, 15) is 4.79 Å². The number of H-pyrrole nitrogens is 1. The van der Waals surface area contributed by atoms with Gasteiger partial charge in [-0.3, -0.25) is 4.79 Å². The molecule has 1 saturated carbocycles. The molecule has 1 unspecified atom stereocenters. The van der Waals surface area contributed by atoms with Gasteiger partial charge in [-0.1, -0.05) is 43.5 Å². The second-order valence-electron chi connectivity index (χ2n) is 10.1. The number of halogens is 1. The zero-order valence-electron chi connectivity index (χ0n) is 20.5. The molecule has 188 valence electrons. The van der Waals surface area contributed by atoms with Crippen molar-refractivity contribution in [2.75, 3.05) is 0 Å². The van der Waals surface area contributed by atoms with E-state index < -0.39 is 0 Å². The summed E-state index contributed by atoms with van der Waals surface area (Å²) in [5, 5.41) is 14.5. The molecule has 3 aromatic carbocycles. The number of nitrogens with one attached hydrogen (secondary N) is 1. The minimum absolute atomic E-state index is 0.234. The largest absolute Gasteiger partial charge is 0.487 e. The Morgan fingerprint density at radius 3 is 2.62 bits per heavy atom. The van der Waals surface area contributed by atoms with Crippen molar-refractivity contribution in [1.29, 1.82) is 0 Å². The SMILES string of the molecule is CC1(C2CCCC2)Cc2cc(OCc3cccc(Oc4ccc(-c5nn[nH]n5)cc4)c3)c(Cl)cc2C1=O. The van der Waals surface area contributed by atoms with Crippen LogP contribution in [0, 0.1) is 11.3 Å². The fraction of sp³-hybridized carbons (Fsp3) is 0.310. The Kier molecular flexibility index (Phi) is 6.16. The highest BCUT2D eigenvalue weighted by Gasteiger charge is 2.48. The lowest BCUT2D eigenvalue weighted by atomic mass is 9.73. The van der Waals surface area contributed by atoms with Crippen molar-refractivity contribution in [2.24, 2.45) is 11.3 Å². The Morgan fingerprint density at radius 2 is 1.86 bits per heavy atom. The number of ketones is 1. The zero-order valence-corrected chi connectivity index (χ0v) is 21.3. The first-order chi connectivity index (χ1) is 18.0. The summed E-state index contributed by atoms with van der Waals surface area (Å²) in [6.45, 7) is 2.46. The van der Waals surface area contributed by atoms with Gasteiger partial charge < -0.3 is 9.47 Å². The molecule has 0 aliphatic heterocycles. The number of nitrogens with zero attached hydrogens (tertiary/aromatic N) is 3. The van der Waals surface area contributed by atoms with Crippen LogP contribution in [-0.4, -0.2) is 26.4 Å². The van der Waals surface area contributed by atoms with E-state index in [4.69, 9.17) is 21.1 Å². The van der Waals surface area contributed by atoms with Gasteiger partial charge >= 0.3 is 0 Å². The zero-order chi connectivity index (χ0) is 25.4. The second kappa shape index (κ2) is 9.63. The number of aromatic amines is 1. The summed E-state index contributed by atoms with van der Waals surface area (Å²) in [5.41, 5.74) is 3.27. The molecule has 2 aliphatic rings. The molecule has 6 rings (SSSR count). The van der Waals surface area contributed by atoms with E-state index in [1.165, 1.54) is 12.8 Å².